The molecule has 2 aromatic rings. The topological polar surface area (TPSA) is 99.1 Å². The Morgan fingerprint density at radius 2 is 2.04 bits per heavy atom. The lowest BCUT2D eigenvalue weighted by Crippen LogP contribution is -2.49. The maximum absolute atomic E-state index is 12.4. The van der Waals surface area contributed by atoms with Crippen molar-refractivity contribution in [1.29, 1.82) is 5.26 Å². The summed E-state index contributed by atoms with van der Waals surface area (Å²) >= 11 is 7.46. The monoisotopic (exact) mass is 388 g/mol. The number of para-hydroxylation sites is 1. The molecule has 1 aromatic heterocycles. The fraction of sp³-hybridized carbons (Fsp3) is 0.294. The maximum Gasteiger partial charge on any atom is 0.233 e. The van der Waals surface area contributed by atoms with Gasteiger partial charge in [0.2, 0.25) is 5.91 Å². The van der Waals surface area contributed by atoms with Gasteiger partial charge >= 0.3 is 0 Å². The van der Waals surface area contributed by atoms with E-state index in [0.717, 1.165) is 23.8 Å². The predicted molar refractivity (Wildman–Crippen MR) is 102 cm³/mol. The van der Waals surface area contributed by atoms with Gasteiger partial charge in [-0.2, -0.15) is 5.26 Å². The molecule has 0 bridgehead atoms. The average molecular weight is 389 g/mol. The molecule has 1 amide bonds. The van der Waals surface area contributed by atoms with E-state index in [1.807, 2.05) is 35.2 Å². The Morgan fingerprint density at radius 3 is 2.69 bits per heavy atom. The summed E-state index contributed by atoms with van der Waals surface area (Å²) in [6, 6.07) is 9.63. The number of carbonyl (C=O) groups is 1. The summed E-state index contributed by atoms with van der Waals surface area (Å²) in [6.07, 6.45) is 1.37. The van der Waals surface area contributed by atoms with Crippen molar-refractivity contribution in [3.8, 4) is 6.07 Å². The van der Waals surface area contributed by atoms with Gasteiger partial charge in [-0.1, -0.05) is 35.5 Å². The van der Waals surface area contributed by atoms with Crippen LogP contribution >= 0.6 is 23.4 Å². The number of nitriles is 1. The summed E-state index contributed by atoms with van der Waals surface area (Å²) in [7, 11) is 0. The summed E-state index contributed by atoms with van der Waals surface area (Å²) in [5.41, 5.74) is 6.90. The van der Waals surface area contributed by atoms with E-state index in [4.69, 9.17) is 22.6 Å². The van der Waals surface area contributed by atoms with Crippen LogP contribution in [0.2, 0.25) is 5.02 Å². The van der Waals surface area contributed by atoms with E-state index in [-0.39, 0.29) is 23.0 Å². The van der Waals surface area contributed by atoms with Crippen molar-refractivity contribution in [3.63, 3.8) is 0 Å². The zero-order valence-corrected chi connectivity index (χ0v) is 15.5. The van der Waals surface area contributed by atoms with E-state index in [2.05, 4.69) is 14.9 Å². The van der Waals surface area contributed by atoms with E-state index in [1.54, 1.807) is 0 Å². The molecule has 2 heterocycles. The van der Waals surface area contributed by atoms with Crippen LogP contribution in [-0.2, 0) is 4.79 Å². The number of halogens is 1. The Kier molecular flexibility index (Phi) is 5.81. The lowest BCUT2D eigenvalue weighted by Gasteiger charge is -2.36. The molecule has 0 spiro atoms. The Labute approximate surface area is 160 Å². The van der Waals surface area contributed by atoms with Crippen molar-refractivity contribution < 1.29 is 4.79 Å². The quantitative estimate of drug-likeness (QED) is 0.631. The van der Waals surface area contributed by atoms with Crippen LogP contribution in [0.25, 0.3) is 0 Å². The minimum absolute atomic E-state index is 0.0281. The smallest absolute Gasteiger partial charge is 0.233 e. The number of amides is 1. The van der Waals surface area contributed by atoms with Gasteiger partial charge < -0.3 is 15.5 Å². The molecule has 0 unspecified atom stereocenters. The Morgan fingerprint density at radius 1 is 1.31 bits per heavy atom. The highest BCUT2D eigenvalue weighted by Gasteiger charge is 2.22. The Bertz CT molecular complexity index is 847. The van der Waals surface area contributed by atoms with Gasteiger partial charge in [-0.05, 0) is 12.1 Å². The molecular weight excluding hydrogens is 372 g/mol. The summed E-state index contributed by atoms with van der Waals surface area (Å²) in [5, 5.41) is 9.94. The maximum atomic E-state index is 12.4. The Balaban J connectivity index is 1.52. The van der Waals surface area contributed by atoms with Crippen molar-refractivity contribution in [3.05, 3.63) is 41.0 Å². The Hall–Kier alpha value is -2.50. The lowest BCUT2D eigenvalue weighted by atomic mass is 10.2. The van der Waals surface area contributed by atoms with Crippen LogP contribution in [0.1, 0.15) is 5.56 Å². The number of aromatic nitrogens is 2. The van der Waals surface area contributed by atoms with Crippen molar-refractivity contribution in [2.24, 2.45) is 0 Å². The molecule has 1 aliphatic heterocycles. The number of nitrogen functional groups attached to an aromatic ring is 1. The molecule has 1 aliphatic rings. The number of piperazine rings is 1. The number of hydrogen-bond donors (Lipinski definition) is 1. The summed E-state index contributed by atoms with van der Waals surface area (Å²) in [5.74, 6) is 0.392. The minimum Gasteiger partial charge on any atom is -0.382 e. The molecule has 26 heavy (non-hydrogen) atoms. The molecule has 9 heteroatoms. The molecule has 1 fully saturated rings. The molecule has 2 N–H and O–H groups in total. The standard InChI is InChI=1S/C17H17ClN6OS/c18-13-3-1-2-4-14(13)23-5-7-24(8-6-23)15(25)11-26-17-21-10-12(9-19)16(20)22-17/h1-4,10H,5-8,11H2,(H2,20,21,22). The first-order chi connectivity index (χ1) is 12.6. The average Bonchev–Trinajstić information content (AvgIpc) is 2.67. The predicted octanol–water partition coefficient (Wildman–Crippen LogP) is 2.02. The van der Waals surface area contributed by atoms with Gasteiger partial charge in [-0.15, -0.1) is 0 Å². The van der Waals surface area contributed by atoms with Crippen LogP contribution in [0.15, 0.2) is 35.6 Å². The number of nitrogens with zero attached hydrogens (tertiary/aromatic N) is 5. The van der Waals surface area contributed by atoms with Crippen LogP contribution in [-0.4, -0.2) is 52.7 Å². The fourth-order valence-electron chi connectivity index (χ4n) is 2.66. The van der Waals surface area contributed by atoms with E-state index in [9.17, 15) is 4.79 Å². The van der Waals surface area contributed by atoms with Crippen LogP contribution < -0.4 is 10.6 Å². The van der Waals surface area contributed by atoms with Crippen molar-refractivity contribution >= 4 is 40.8 Å². The normalized spacial score (nSPS) is 14.2. The number of anilines is 2. The number of rotatable bonds is 4. The van der Waals surface area contributed by atoms with Gasteiger partial charge in [0.1, 0.15) is 17.5 Å². The SMILES string of the molecule is N#Cc1cnc(SCC(=O)N2CCN(c3ccccc3Cl)CC2)nc1N. The minimum atomic E-state index is 0.0281. The first-order valence-electron chi connectivity index (χ1n) is 8.01. The number of nitrogens with two attached hydrogens (primary N) is 1. The van der Waals surface area contributed by atoms with Crippen molar-refractivity contribution in [2.45, 2.75) is 5.16 Å². The van der Waals surface area contributed by atoms with Crippen LogP contribution in [0, 0.1) is 11.3 Å². The van der Waals surface area contributed by atoms with Crippen molar-refractivity contribution in [2.75, 3.05) is 42.6 Å². The second kappa shape index (κ2) is 8.25. The third-order valence-corrected chi connectivity index (χ3v) is 5.23. The van der Waals surface area contributed by atoms with Gasteiger partial charge in [0.15, 0.2) is 5.16 Å². The van der Waals surface area contributed by atoms with Gasteiger partial charge in [-0.25, -0.2) is 9.97 Å². The molecule has 134 valence electrons. The molecule has 1 saturated heterocycles. The van der Waals surface area contributed by atoms with E-state index < -0.39 is 0 Å². The van der Waals surface area contributed by atoms with E-state index in [1.165, 1.54) is 18.0 Å². The molecule has 0 atom stereocenters. The highest BCUT2D eigenvalue weighted by molar-refractivity contribution is 7.99. The second-order valence-electron chi connectivity index (χ2n) is 5.67. The number of carbonyl (C=O) groups excluding carboxylic acids is 1. The number of hydrogen-bond acceptors (Lipinski definition) is 7. The second-order valence-corrected chi connectivity index (χ2v) is 7.02. The third kappa shape index (κ3) is 4.18. The van der Waals surface area contributed by atoms with Crippen LogP contribution in [0.4, 0.5) is 11.5 Å². The molecule has 7 nitrogen and oxygen atoms in total. The molecule has 0 aliphatic carbocycles. The summed E-state index contributed by atoms with van der Waals surface area (Å²) < 4.78 is 0. The zero-order valence-electron chi connectivity index (χ0n) is 13.9. The van der Waals surface area contributed by atoms with E-state index in [0.29, 0.717) is 18.2 Å². The molecule has 0 radical (unpaired) electrons. The first-order valence-corrected chi connectivity index (χ1v) is 9.37. The highest BCUT2D eigenvalue weighted by atomic mass is 35.5. The van der Waals surface area contributed by atoms with Crippen LogP contribution in [0.5, 0.6) is 0 Å². The molecular formula is C17H17ClN6OS. The molecule has 3 rings (SSSR count). The molecule has 1 aromatic carbocycles. The summed E-state index contributed by atoms with van der Waals surface area (Å²) in [4.78, 5) is 24.5. The van der Waals surface area contributed by atoms with Gasteiger partial charge in [0.25, 0.3) is 0 Å². The third-order valence-electron chi connectivity index (χ3n) is 4.07. The number of thioether (sulfide) groups is 1. The highest BCUT2D eigenvalue weighted by Crippen LogP contribution is 2.26. The largest absolute Gasteiger partial charge is 0.382 e. The summed E-state index contributed by atoms with van der Waals surface area (Å²) in [6.45, 7) is 2.75. The van der Waals surface area contributed by atoms with Gasteiger partial charge in [0, 0.05) is 26.2 Å². The number of benzene rings is 1. The van der Waals surface area contributed by atoms with Crippen LogP contribution in [0.3, 0.4) is 0 Å². The zero-order chi connectivity index (χ0) is 18.5. The fourth-order valence-corrected chi connectivity index (χ4v) is 3.64. The van der Waals surface area contributed by atoms with E-state index >= 15 is 0 Å². The lowest BCUT2D eigenvalue weighted by molar-refractivity contribution is -0.128. The van der Waals surface area contributed by atoms with Crippen molar-refractivity contribution in [1.82, 2.24) is 14.9 Å². The molecule has 0 saturated carbocycles. The van der Waals surface area contributed by atoms with Gasteiger partial charge in [-0.3, -0.25) is 4.79 Å². The van der Waals surface area contributed by atoms with Gasteiger partial charge in [0.05, 0.1) is 22.7 Å². The first kappa shape index (κ1) is 18.3.